The number of hydrogen-bond acceptors (Lipinski definition) is 3. The van der Waals surface area contributed by atoms with Gasteiger partial charge in [-0.25, -0.2) is 0 Å². The van der Waals surface area contributed by atoms with E-state index in [0.29, 0.717) is 12.1 Å². The highest BCUT2D eigenvalue weighted by Gasteiger charge is 2.37. The fourth-order valence-corrected chi connectivity index (χ4v) is 3.24. The van der Waals surface area contributed by atoms with Crippen LogP contribution in [0.5, 0.6) is 0 Å². The first-order valence-corrected chi connectivity index (χ1v) is 8.08. The zero-order chi connectivity index (χ0) is 17.0. The molecule has 3 nitrogen and oxygen atoms in total. The third-order valence-corrected chi connectivity index (χ3v) is 4.30. The normalized spacial score (nSPS) is 18.1. The summed E-state index contributed by atoms with van der Waals surface area (Å²) in [6.45, 7) is 3.10. The van der Waals surface area contributed by atoms with Crippen LogP contribution in [-0.2, 0) is 6.18 Å². The average Bonchev–Trinajstić information content (AvgIpc) is 2.85. The first-order chi connectivity index (χ1) is 11.6. The van der Waals surface area contributed by atoms with E-state index in [1.165, 1.54) is 6.07 Å². The molecule has 1 unspecified atom stereocenters. The lowest BCUT2D eigenvalue weighted by molar-refractivity contribution is -0.138. The van der Waals surface area contributed by atoms with Gasteiger partial charge in [0.25, 0.3) is 0 Å². The molecule has 2 aromatic rings. The van der Waals surface area contributed by atoms with E-state index >= 15 is 0 Å². The van der Waals surface area contributed by atoms with Crippen molar-refractivity contribution in [3.05, 3.63) is 65.5 Å². The third kappa shape index (κ3) is 3.76. The van der Waals surface area contributed by atoms with Gasteiger partial charge >= 0.3 is 6.18 Å². The number of rotatable bonds is 3. The Balaban J connectivity index is 2.08. The molecule has 1 fully saturated rings. The minimum absolute atomic E-state index is 0.292. The number of nitrogens with zero attached hydrogens (tertiary/aromatic N) is 2. The van der Waals surface area contributed by atoms with Gasteiger partial charge in [0.15, 0.2) is 0 Å². The summed E-state index contributed by atoms with van der Waals surface area (Å²) in [7, 11) is 0. The van der Waals surface area contributed by atoms with Crippen LogP contribution in [-0.4, -0.2) is 36.1 Å². The molecule has 0 saturated carbocycles. The Kier molecular flexibility index (Phi) is 5.16. The van der Waals surface area contributed by atoms with Crippen LogP contribution < -0.4 is 5.32 Å². The van der Waals surface area contributed by atoms with Gasteiger partial charge in [-0.1, -0.05) is 24.3 Å². The second-order valence-corrected chi connectivity index (χ2v) is 5.91. The van der Waals surface area contributed by atoms with E-state index in [2.05, 4.69) is 15.2 Å². The smallest absolute Gasteiger partial charge is 0.315 e. The average molecular weight is 335 g/mol. The van der Waals surface area contributed by atoms with Crippen molar-refractivity contribution in [1.82, 2.24) is 15.2 Å². The summed E-state index contributed by atoms with van der Waals surface area (Å²) in [6, 6.07) is 9.03. The molecule has 1 saturated heterocycles. The molecule has 3 rings (SSSR count). The van der Waals surface area contributed by atoms with E-state index in [0.717, 1.165) is 37.7 Å². The minimum Gasteiger partial charge on any atom is -0.315 e. The Morgan fingerprint density at radius 1 is 1.04 bits per heavy atom. The lowest BCUT2D eigenvalue weighted by Gasteiger charge is -2.32. The van der Waals surface area contributed by atoms with E-state index in [9.17, 15) is 13.2 Å². The Bertz CT molecular complexity index is 650. The second-order valence-electron chi connectivity index (χ2n) is 5.91. The lowest BCUT2D eigenvalue weighted by Crippen LogP contribution is -2.34. The van der Waals surface area contributed by atoms with Crippen molar-refractivity contribution in [3.8, 4) is 0 Å². The first-order valence-electron chi connectivity index (χ1n) is 8.08. The zero-order valence-corrected chi connectivity index (χ0v) is 13.3. The predicted molar refractivity (Wildman–Crippen MR) is 86.6 cm³/mol. The molecule has 0 radical (unpaired) electrons. The topological polar surface area (TPSA) is 28.2 Å². The van der Waals surface area contributed by atoms with Crippen molar-refractivity contribution in [2.45, 2.75) is 18.6 Å². The summed E-state index contributed by atoms with van der Waals surface area (Å²) in [4.78, 5) is 6.23. The van der Waals surface area contributed by atoms with E-state index in [1.807, 2.05) is 6.07 Å². The van der Waals surface area contributed by atoms with E-state index in [1.54, 1.807) is 30.6 Å². The van der Waals surface area contributed by atoms with Gasteiger partial charge in [0.1, 0.15) is 0 Å². The van der Waals surface area contributed by atoms with Crippen LogP contribution in [0.3, 0.4) is 0 Å². The lowest BCUT2D eigenvalue weighted by atomic mass is 9.93. The molecule has 1 atom stereocenters. The summed E-state index contributed by atoms with van der Waals surface area (Å²) < 4.78 is 40.6. The fraction of sp³-hybridized carbons (Fsp3) is 0.389. The van der Waals surface area contributed by atoms with Gasteiger partial charge in [-0.3, -0.25) is 9.88 Å². The van der Waals surface area contributed by atoms with E-state index in [4.69, 9.17) is 0 Å². The third-order valence-electron chi connectivity index (χ3n) is 4.30. The molecule has 0 aliphatic carbocycles. The van der Waals surface area contributed by atoms with Crippen LogP contribution in [0, 0.1) is 0 Å². The van der Waals surface area contributed by atoms with Crippen molar-refractivity contribution >= 4 is 0 Å². The number of hydrogen-bond donors (Lipinski definition) is 1. The highest BCUT2D eigenvalue weighted by molar-refractivity contribution is 5.38. The molecule has 1 aromatic carbocycles. The Morgan fingerprint density at radius 2 is 1.88 bits per heavy atom. The number of halogens is 3. The summed E-state index contributed by atoms with van der Waals surface area (Å²) in [5, 5.41) is 3.30. The maximum absolute atomic E-state index is 13.5. The largest absolute Gasteiger partial charge is 0.416 e. The van der Waals surface area contributed by atoms with Crippen LogP contribution in [0.4, 0.5) is 13.2 Å². The minimum atomic E-state index is -4.37. The zero-order valence-electron chi connectivity index (χ0n) is 13.3. The Hall–Kier alpha value is -1.92. The molecule has 24 heavy (non-hydrogen) atoms. The first kappa shape index (κ1) is 16.9. The quantitative estimate of drug-likeness (QED) is 0.931. The van der Waals surface area contributed by atoms with Crippen LogP contribution >= 0.6 is 0 Å². The van der Waals surface area contributed by atoms with E-state index in [-0.39, 0.29) is 0 Å². The SMILES string of the molecule is FC(F)(F)c1ccccc1C(c1cccnc1)N1CCCNCC1. The number of pyridine rings is 1. The van der Waals surface area contributed by atoms with Crippen LogP contribution in [0.25, 0.3) is 0 Å². The molecule has 1 aliphatic rings. The van der Waals surface area contributed by atoms with Gasteiger partial charge in [0.05, 0.1) is 11.6 Å². The summed E-state index contributed by atoms with van der Waals surface area (Å²) >= 11 is 0. The van der Waals surface area contributed by atoms with Gasteiger partial charge in [0.2, 0.25) is 0 Å². The molecule has 1 aliphatic heterocycles. The van der Waals surface area contributed by atoms with Crippen LogP contribution in [0.2, 0.25) is 0 Å². The molecular formula is C18H20F3N3. The number of nitrogens with one attached hydrogen (secondary N) is 1. The van der Waals surface area contributed by atoms with Crippen molar-refractivity contribution in [3.63, 3.8) is 0 Å². The second kappa shape index (κ2) is 7.32. The maximum atomic E-state index is 13.5. The van der Waals surface area contributed by atoms with Gasteiger partial charge in [-0.15, -0.1) is 0 Å². The molecule has 6 heteroatoms. The standard InChI is InChI=1S/C18H20F3N3/c19-18(20,21)16-7-2-1-6-15(16)17(14-5-3-8-23-13-14)24-11-4-9-22-10-12-24/h1-3,5-8,13,17,22H,4,9-12H2. The van der Waals surface area contributed by atoms with Crippen LogP contribution in [0.15, 0.2) is 48.8 Å². The number of benzene rings is 1. The Morgan fingerprint density at radius 3 is 2.62 bits per heavy atom. The summed E-state index contributed by atoms with van der Waals surface area (Å²) in [5.41, 5.74) is 0.507. The monoisotopic (exact) mass is 335 g/mol. The highest BCUT2D eigenvalue weighted by atomic mass is 19.4. The Labute approximate surface area is 139 Å². The molecule has 1 aromatic heterocycles. The summed E-state index contributed by atoms with van der Waals surface area (Å²) in [5.74, 6) is 0. The molecule has 0 bridgehead atoms. The predicted octanol–water partition coefficient (Wildman–Crippen LogP) is 3.49. The summed E-state index contributed by atoms with van der Waals surface area (Å²) in [6.07, 6.45) is -0.164. The van der Waals surface area contributed by atoms with Crippen molar-refractivity contribution in [2.75, 3.05) is 26.2 Å². The van der Waals surface area contributed by atoms with Crippen LogP contribution in [0.1, 0.15) is 29.2 Å². The molecular weight excluding hydrogens is 315 g/mol. The van der Waals surface area contributed by atoms with Gasteiger partial charge < -0.3 is 5.32 Å². The maximum Gasteiger partial charge on any atom is 0.416 e. The number of alkyl halides is 3. The van der Waals surface area contributed by atoms with Gasteiger partial charge in [-0.05, 0) is 36.2 Å². The molecule has 128 valence electrons. The van der Waals surface area contributed by atoms with E-state index < -0.39 is 17.8 Å². The van der Waals surface area contributed by atoms with Crippen molar-refractivity contribution in [2.24, 2.45) is 0 Å². The number of aromatic nitrogens is 1. The molecule has 0 amide bonds. The van der Waals surface area contributed by atoms with Gasteiger partial charge in [0, 0.05) is 32.0 Å². The van der Waals surface area contributed by atoms with Crippen molar-refractivity contribution in [1.29, 1.82) is 0 Å². The fourth-order valence-electron chi connectivity index (χ4n) is 3.24. The van der Waals surface area contributed by atoms with Crippen molar-refractivity contribution < 1.29 is 13.2 Å². The molecule has 1 N–H and O–H groups in total. The highest BCUT2D eigenvalue weighted by Crippen LogP contribution is 2.38. The molecule has 0 spiro atoms. The van der Waals surface area contributed by atoms with Gasteiger partial charge in [-0.2, -0.15) is 13.2 Å². The molecule has 2 heterocycles.